The Hall–Kier alpha value is -2.18. The van der Waals surface area contributed by atoms with E-state index in [4.69, 9.17) is 0 Å². The number of aryl methyl sites for hydroxylation is 2. The molecule has 0 spiro atoms. The predicted molar refractivity (Wildman–Crippen MR) is 96.2 cm³/mol. The van der Waals surface area contributed by atoms with E-state index in [0.717, 1.165) is 20.9 Å². The van der Waals surface area contributed by atoms with Crippen molar-refractivity contribution in [3.8, 4) is 0 Å². The lowest BCUT2D eigenvalue weighted by atomic mass is 10.1. The first-order valence-electron chi connectivity index (χ1n) is 7.80. The largest absolute Gasteiger partial charge is 0.388 e. The molecule has 0 aliphatic rings. The van der Waals surface area contributed by atoms with Crippen molar-refractivity contribution >= 4 is 28.8 Å². The van der Waals surface area contributed by atoms with Crippen molar-refractivity contribution in [2.45, 2.75) is 33.3 Å². The van der Waals surface area contributed by atoms with E-state index in [-0.39, 0.29) is 0 Å². The zero-order chi connectivity index (χ0) is 17.7. The number of thiophene rings is 1. The molecule has 1 heterocycles. The summed E-state index contributed by atoms with van der Waals surface area (Å²) in [5.41, 5.74) is 2.79. The van der Waals surface area contributed by atoms with Gasteiger partial charge in [-0.05, 0) is 62.6 Å². The Bertz CT molecular complexity index is 738. The molecule has 2 rings (SSSR count). The highest BCUT2D eigenvalue weighted by Crippen LogP contribution is 2.22. The number of hydrogen-bond acceptors (Lipinski definition) is 4. The molecule has 1 aromatic carbocycles. The zero-order valence-corrected chi connectivity index (χ0v) is 14.9. The molecule has 0 saturated heterocycles. The summed E-state index contributed by atoms with van der Waals surface area (Å²) in [5, 5.41) is 14.7. The van der Waals surface area contributed by atoms with Crippen LogP contribution >= 0.6 is 11.3 Å². The Morgan fingerprint density at radius 3 is 2.50 bits per heavy atom. The molecule has 0 bridgehead atoms. The van der Waals surface area contributed by atoms with E-state index in [1.54, 1.807) is 13.0 Å². The second kappa shape index (κ2) is 8.08. The van der Waals surface area contributed by atoms with Gasteiger partial charge in [0.15, 0.2) is 0 Å². The van der Waals surface area contributed by atoms with Crippen molar-refractivity contribution in [2.24, 2.45) is 0 Å². The Labute approximate surface area is 145 Å². The fourth-order valence-corrected chi connectivity index (χ4v) is 3.09. The van der Waals surface area contributed by atoms with Gasteiger partial charge in [0.2, 0.25) is 0 Å². The van der Waals surface area contributed by atoms with E-state index in [2.05, 4.69) is 10.6 Å². The Morgan fingerprint density at radius 1 is 1.12 bits per heavy atom. The topological polar surface area (TPSA) is 78.4 Å². The van der Waals surface area contributed by atoms with Crippen LogP contribution in [0, 0.1) is 13.8 Å². The maximum absolute atomic E-state index is 11.9. The summed E-state index contributed by atoms with van der Waals surface area (Å²) in [7, 11) is 0. The Morgan fingerprint density at radius 2 is 1.88 bits per heavy atom. The molecule has 0 aliphatic carbocycles. The number of nitrogens with one attached hydrogen (secondary N) is 2. The number of rotatable bonds is 5. The molecule has 1 unspecified atom stereocenters. The normalized spacial score (nSPS) is 11.8. The minimum atomic E-state index is -0.672. The molecule has 128 valence electrons. The van der Waals surface area contributed by atoms with Gasteiger partial charge in [0, 0.05) is 22.0 Å². The number of anilines is 1. The lowest BCUT2D eigenvalue weighted by Gasteiger charge is -2.08. The van der Waals surface area contributed by atoms with Crippen LogP contribution < -0.4 is 10.6 Å². The number of carbonyl (C=O) groups excluding carboxylic acids is 2. The minimum absolute atomic E-state index is 0.374. The van der Waals surface area contributed by atoms with Gasteiger partial charge in [0.1, 0.15) is 0 Å². The summed E-state index contributed by atoms with van der Waals surface area (Å²) in [6.07, 6.45) is 0.141. The molecule has 0 fully saturated rings. The summed E-state index contributed by atoms with van der Waals surface area (Å²) >= 11 is 1.50. The summed E-state index contributed by atoms with van der Waals surface area (Å²) in [6, 6.07) is 9.31. The van der Waals surface area contributed by atoms with Crippen LogP contribution in [0.5, 0.6) is 0 Å². The van der Waals surface area contributed by atoms with Gasteiger partial charge < -0.3 is 15.7 Å². The zero-order valence-electron chi connectivity index (χ0n) is 14.1. The van der Waals surface area contributed by atoms with Crippen molar-refractivity contribution in [1.29, 1.82) is 0 Å². The maximum atomic E-state index is 11.9. The van der Waals surface area contributed by atoms with Crippen LogP contribution in [0.1, 0.15) is 33.9 Å². The molecule has 1 atom stereocenters. The summed E-state index contributed by atoms with van der Waals surface area (Å²) in [5.74, 6) is -1.32. The minimum Gasteiger partial charge on any atom is -0.388 e. The van der Waals surface area contributed by atoms with Crippen LogP contribution in [0.2, 0.25) is 0 Å². The first-order chi connectivity index (χ1) is 11.4. The highest BCUT2D eigenvalue weighted by atomic mass is 32.1. The van der Waals surface area contributed by atoms with Crippen molar-refractivity contribution in [3.05, 3.63) is 51.2 Å². The van der Waals surface area contributed by atoms with Gasteiger partial charge in [-0.3, -0.25) is 9.59 Å². The lowest BCUT2D eigenvalue weighted by Crippen LogP contribution is -2.36. The molecular formula is C18H22N2O3S. The SMILES string of the molecule is Cc1ccc(NC(=O)C(=O)NCCc2ccc(C(C)O)s2)cc1C. The molecule has 0 saturated carbocycles. The summed E-state index contributed by atoms with van der Waals surface area (Å²) < 4.78 is 0. The quantitative estimate of drug-likeness (QED) is 0.729. The molecular weight excluding hydrogens is 324 g/mol. The van der Waals surface area contributed by atoms with E-state index >= 15 is 0 Å². The fourth-order valence-electron chi connectivity index (χ4n) is 2.14. The maximum Gasteiger partial charge on any atom is 0.313 e. The molecule has 0 radical (unpaired) electrons. The van der Waals surface area contributed by atoms with Gasteiger partial charge in [0.05, 0.1) is 6.10 Å². The molecule has 0 aliphatic heterocycles. The van der Waals surface area contributed by atoms with E-state index in [0.29, 0.717) is 18.7 Å². The van der Waals surface area contributed by atoms with Crippen molar-refractivity contribution < 1.29 is 14.7 Å². The molecule has 5 nitrogen and oxygen atoms in total. The van der Waals surface area contributed by atoms with E-state index in [1.807, 2.05) is 38.1 Å². The van der Waals surface area contributed by atoms with Gasteiger partial charge in [-0.25, -0.2) is 0 Å². The Balaban J connectivity index is 1.80. The molecule has 24 heavy (non-hydrogen) atoms. The number of hydrogen-bond donors (Lipinski definition) is 3. The van der Waals surface area contributed by atoms with Crippen LogP contribution in [-0.2, 0) is 16.0 Å². The first kappa shape index (κ1) is 18.2. The average molecular weight is 346 g/mol. The van der Waals surface area contributed by atoms with Gasteiger partial charge in [-0.2, -0.15) is 0 Å². The average Bonchev–Trinajstić information content (AvgIpc) is 3.00. The monoisotopic (exact) mass is 346 g/mol. The third-order valence-corrected chi connectivity index (χ3v) is 5.04. The standard InChI is InChI=1S/C18H22N2O3S/c1-11-4-5-14(10-12(11)2)20-18(23)17(22)19-9-8-15-6-7-16(24-15)13(3)21/h4-7,10,13,21H,8-9H2,1-3H3,(H,19,22)(H,20,23). The summed E-state index contributed by atoms with van der Waals surface area (Å²) in [6.45, 7) is 6.03. The van der Waals surface area contributed by atoms with E-state index in [1.165, 1.54) is 11.3 Å². The highest BCUT2D eigenvalue weighted by molar-refractivity contribution is 7.12. The van der Waals surface area contributed by atoms with Crippen LogP contribution in [0.4, 0.5) is 5.69 Å². The number of carbonyl (C=O) groups is 2. The van der Waals surface area contributed by atoms with Gasteiger partial charge in [0.25, 0.3) is 0 Å². The second-order valence-corrected chi connectivity index (χ2v) is 6.94. The molecule has 3 N–H and O–H groups in total. The van der Waals surface area contributed by atoms with Crippen LogP contribution in [0.3, 0.4) is 0 Å². The molecule has 1 aromatic heterocycles. The van der Waals surface area contributed by atoms with Crippen LogP contribution in [0.15, 0.2) is 30.3 Å². The fraction of sp³-hybridized carbons (Fsp3) is 0.333. The number of benzene rings is 1. The van der Waals surface area contributed by atoms with Crippen LogP contribution in [-0.4, -0.2) is 23.5 Å². The van der Waals surface area contributed by atoms with Gasteiger partial charge >= 0.3 is 11.8 Å². The smallest absolute Gasteiger partial charge is 0.313 e. The third-order valence-electron chi connectivity index (χ3n) is 3.72. The molecule has 2 aromatic rings. The second-order valence-electron chi connectivity index (χ2n) is 5.74. The highest BCUT2D eigenvalue weighted by Gasteiger charge is 2.13. The Kier molecular flexibility index (Phi) is 6.11. The number of aliphatic hydroxyl groups excluding tert-OH is 1. The number of aliphatic hydroxyl groups is 1. The van der Waals surface area contributed by atoms with E-state index < -0.39 is 17.9 Å². The third kappa shape index (κ3) is 4.91. The van der Waals surface area contributed by atoms with Gasteiger partial charge in [-0.15, -0.1) is 11.3 Å². The van der Waals surface area contributed by atoms with Crippen molar-refractivity contribution in [1.82, 2.24) is 5.32 Å². The molecule has 2 amide bonds. The first-order valence-corrected chi connectivity index (χ1v) is 8.61. The van der Waals surface area contributed by atoms with Crippen LogP contribution in [0.25, 0.3) is 0 Å². The lowest BCUT2D eigenvalue weighted by molar-refractivity contribution is -0.136. The summed E-state index contributed by atoms with van der Waals surface area (Å²) in [4.78, 5) is 25.7. The predicted octanol–water partition coefficient (Wildman–Crippen LogP) is 2.72. The molecule has 6 heteroatoms. The van der Waals surface area contributed by atoms with Crippen molar-refractivity contribution in [3.63, 3.8) is 0 Å². The van der Waals surface area contributed by atoms with E-state index in [9.17, 15) is 14.7 Å². The number of amides is 2. The van der Waals surface area contributed by atoms with Gasteiger partial charge in [-0.1, -0.05) is 6.07 Å². The van der Waals surface area contributed by atoms with Crippen molar-refractivity contribution in [2.75, 3.05) is 11.9 Å².